The number of halogens is 1. The van der Waals surface area contributed by atoms with Crippen LogP contribution in [0.5, 0.6) is 0 Å². The van der Waals surface area contributed by atoms with E-state index in [1.165, 1.54) is 18.2 Å². The summed E-state index contributed by atoms with van der Waals surface area (Å²) in [5, 5.41) is 18.2. The Labute approximate surface area is 68.3 Å². The number of nitrogen functional groups attached to an aromatic ring is 1. The van der Waals surface area contributed by atoms with Gasteiger partial charge in [0, 0.05) is 12.1 Å². The van der Waals surface area contributed by atoms with Gasteiger partial charge in [0.2, 0.25) is 0 Å². The van der Waals surface area contributed by atoms with Crippen LogP contribution < -0.4 is 11.0 Å². The largest absolute Gasteiger partial charge is 0.595 e. The Hall–Kier alpha value is -0.810. The summed E-state index contributed by atoms with van der Waals surface area (Å²) in [4.78, 5) is 0. The highest BCUT2D eigenvalue weighted by Crippen LogP contribution is 2.19. The Kier molecular flexibility index (Phi) is 2.31. The fraction of sp³-hybridized carbons (Fsp3) is 0. The molecule has 0 aromatic heterocycles. The van der Waals surface area contributed by atoms with Crippen molar-refractivity contribution in [2.75, 3.05) is 5.73 Å². The third-order valence-electron chi connectivity index (χ3n) is 1.24. The summed E-state index contributed by atoms with van der Waals surface area (Å²) < 4.78 is 0. The van der Waals surface area contributed by atoms with E-state index in [1.807, 2.05) is 0 Å². The van der Waals surface area contributed by atoms with E-state index in [9.17, 15) is 5.21 Å². The summed E-state index contributed by atoms with van der Waals surface area (Å²) in [6.45, 7) is 0. The van der Waals surface area contributed by atoms with E-state index in [2.05, 4.69) is 0 Å². The maximum Gasteiger partial charge on any atom is 0.165 e. The molecule has 60 valence electrons. The Morgan fingerprint density at radius 2 is 2.18 bits per heavy atom. The van der Waals surface area contributed by atoms with Crippen LogP contribution in [0.15, 0.2) is 18.2 Å². The Morgan fingerprint density at radius 1 is 1.55 bits per heavy atom. The Balaban J connectivity index is 3.05. The van der Waals surface area contributed by atoms with Crippen molar-refractivity contribution >= 4 is 23.0 Å². The third-order valence-corrected chi connectivity index (χ3v) is 1.59. The average molecular weight is 175 g/mol. The van der Waals surface area contributed by atoms with Crippen LogP contribution in [0.1, 0.15) is 0 Å². The van der Waals surface area contributed by atoms with Crippen LogP contribution in [0, 0.1) is 5.21 Å². The standard InChI is InChI=1S/C6H7ClN2O2/c7-5-2-1-4(9(10)11)3-6(5)8/h1-3,9-10H,8H2. The lowest BCUT2D eigenvalue weighted by atomic mass is 10.3. The molecule has 1 rings (SSSR count). The minimum absolute atomic E-state index is 0.145. The number of benzene rings is 1. The number of rotatable bonds is 1. The van der Waals surface area contributed by atoms with E-state index in [4.69, 9.17) is 22.5 Å². The number of anilines is 1. The lowest BCUT2D eigenvalue weighted by Gasteiger charge is -2.11. The first-order valence-corrected chi connectivity index (χ1v) is 3.27. The van der Waals surface area contributed by atoms with Crippen molar-refractivity contribution in [3.63, 3.8) is 0 Å². The van der Waals surface area contributed by atoms with Gasteiger partial charge in [-0.3, -0.25) is 0 Å². The van der Waals surface area contributed by atoms with E-state index in [0.29, 0.717) is 5.02 Å². The van der Waals surface area contributed by atoms with Gasteiger partial charge < -0.3 is 10.9 Å². The topological polar surface area (TPSA) is 73.8 Å². The van der Waals surface area contributed by atoms with Gasteiger partial charge in [0.05, 0.1) is 10.7 Å². The van der Waals surface area contributed by atoms with Crippen molar-refractivity contribution in [1.29, 1.82) is 0 Å². The SMILES string of the molecule is Nc1cc([NH+]([O-])O)ccc1Cl. The van der Waals surface area contributed by atoms with Gasteiger partial charge in [-0.1, -0.05) is 11.6 Å². The second-order valence-corrected chi connectivity index (χ2v) is 2.45. The molecule has 1 unspecified atom stereocenters. The van der Waals surface area contributed by atoms with Gasteiger partial charge in [-0.05, 0) is 6.07 Å². The molecule has 11 heavy (non-hydrogen) atoms. The lowest BCUT2D eigenvalue weighted by molar-refractivity contribution is -0.991. The molecule has 0 spiro atoms. The fourth-order valence-electron chi connectivity index (χ4n) is 0.677. The monoisotopic (exact) mass is 174 g/mol. The molecule has 0 aliphatic rings. The second kappa shape index (κ2) is 3.06. The molecule has 0 saturated carbocycles. The first kappa shape index (κ1) is 8.29. The van der Waals surface area contributed by atoms with Gasteiger partial charge in [-0.2, -0.15) is 5.23 Å². The zero-order valence-corrected chi connectivity index (χ0v) is 6.30. The molecule has 0 amide bonds. The first-order valence-electron chi connectivity index (χ1n) is 2.89. The molecule has 1 aromatic rings. The van der Waals surface area contributed by atoms with E-state index in [1.54, 1.807) is 0 Å². The van der Waals surface area contributed by atoms with Crippen LogP contribution in [0.4, 0.5) is 11.4 Å². The van der Waals surface area contributed by atoms with E-state index >= 15 is 0 Å². The van der Waals surface area contributed by atoms with Crippen LogP contribution in [-0.2, 0) is 0 Å². The van der Waals surface area contributed by atoms with Crippen LogP contribution in [0.3, 0.4) is 0 Å². The smallest absolute Gasteiger partial charge is 0.165 e. The number of hydrogen-bond donors (Lipinski definition) is 3. The molecule has 0 aliphatic carbocycles. The minimum atomic E-state index is -1.01. The lowest BCUT2D eigenvalue weighted by Crippen LogP contribution is -2.99. The van der Waals surface area contributed by atoms with Crippen molar-refractivity contribution in [3.8, 4) is 0 Å². The predicted molar refractivity (Wildman–Crippen MR) is 41.6 cm³/mol. The molecule has 0 radical (unpaired) electrons. The van der Waals surface area contributed by atoms with Gasteiger partial charge in [0.25, 0.3) is 0 Å². The second-order valence-electron chi connectivity index (χ2n) is 2.04. The van der Waals surface area contributed by atoms with Crippen LogP contribution in [0.2, 0.25) is 5.02 Å². The van der Waals surface area contributed by atoms with Gasteiger partial charge in [-0.15, -0.1) is 0 Å². The number of hydrogen-bond acceptors (Lipinski definition) is 3. The molecule has 0 heterocycles. The van der Waals surface area contributed by atoms with Crippen molar-refractivity contribution in [2.45, 2.75) is 0 Å². The summed E-state index contributed by atoms with van der Waals surface area (Å²) in [5.74, 6) is 0. The van der Waals surface area contributed by atoms with Gasteiger partial charge in [0.15, 0.2) is 5.69 Å². The minimum Gasteiger partial charge on any atom is -0.595 e. The van der Waals surface area contributed by atoms with Crippen LogP contribution in [-0.4, -0.2) is 5.21 Å². The molecular weight excluding hydrogens is 168 g/mol. The van der Waals surface area contributed by atoms with E-state index < -0.39 is 5.23 Å². The predicted octanol–water partition coefficient (Wildman–Crippen LogP) is 0.326. The van der Waals surface area contributed by atoms with Crippen LogP contribution in [0.25, 0.3) is 0 Å². The van der Waals surface area contributed by atoms with Crippen molar-refractivity contribution in [1.82, 2.24) is 0 Å². The highest BCUT2D eigenvalue weighted by atomic mass is 35.5. The maximum absolute atomic E-state index is 10.4. The molecule has 1 aromatic carbocycles. The van der Waals surface area contributed by atoms with Crippen LogP contribution >= 0.6 is 11.6 Å². The molecule has 0 saturated heterocycles. The van der Waals surface area contributed by atoms with Gasteiger partial charge in [-0.25, -0.2) is 5.21 Å². The van der Waals surface area contributed by atoms with Crippen molar-refractivity contribution < 1.29 is 10.4 Å². The van der Waals surface area contributed by atoms with Crippen molar-refractivity contribution in [2.24, 2.45) is 0 Å². The molecule has 5 heteroatoms. The van der Waals surface area contributed by atoms with Gasteiger partial charge >= 0.3 is 0 Å². The normalized spacial score (nSPS) is 13.0. The molecule has 1 atom stereocenters. The quantitative estimate of drug-likeness (QED) is 0.424. The molecule has 0 bridgehead atoms. The fourth-order valence-corrected chi connectivity index (χ4v) is 0.794. The van der Waals surface area contributed by atoms with E-state index in [-0.39, 0.29) is 11.4 Å². The zero-order valence-electron chi connectivity index (χ0n) is 5.54. The summed E-state index contributed by atoms with van der Waals surface area (Å²) >= 11 is 5.57. The van der Waals surface area contributed by atoms with E-state index in [0.717, 1.165) is 0 Å². The molecule has 0 fully saturated rings. The zero-order chi connectivity index (χ0) is 8.43. The molecule has 4 N–H and O–H groups in total. The number of quaternary nitrogens is 1. The number of nitrogens with one attached hydrogen (secondary N) is 1. The molecule has 4 nitrogen and oxygen atoms in total. The first-order chi connectivity index (χ1) is 5.11. The summed E-state index contributed by atoms with van der Waals surface area (Å²) in [6, 6.07) is 4.19. The number of nitrogens with two attached hydrogens (primary N) is 1. The maximum atomic E-state index is 10.4. The molecular formula is C6H7ClN2O2. The average Bonchev–Trinajstić information content (AvgIpc) is 1.94. The highest BCUT2D eigenvalue weighted by Gasteiger charge is 2.02. The van der Waals surface area contributed by atoms with Crippen molar-refractivity contribution in [3.05, 3.63) is 28.4 Å². The highest BCUT2D eigenvalue weighted by molar-refractivity contribution is 6.33. The Morgan fingerprint density at radius 3 is 2.64 bits per heavy atom. The summed E-state index contributed by atoms with van der Waals surface area (Å²) in [6.07, 6.45) is 0. The molecule has 0 aliphatic heterocycles. The van der Waals surface area contributed by atoms with Gasteiger partial charge in [0.1, 0.15) is 0 Å². The summed E-state index contributed by atoms with van der Waals surface area (Å²) in [5.41, 5.74) is 5.79. The Bertz CT molecular complexity index is 265. The summed E-state index contributed by atoms with van der Waals surface area (Å²) in [7, 11) is 0. The third kappa shape index (κ3) is 1.81.